The van der Waals surface area contributed by atoms with Crippen LogP contribution in [0.2, 0.25) is 0 Å². The number of likely N-dealkylation sites (N-methyl/N-ethyl adjacent to an activating group) is 1. The first kappa shape index (κ1) is 15.9. The van der Waals surface area contributed by atoms with E-state index in [1.54, 1.807) is 0 Å². The molecular formula is C18H25N5. The molecule has 2 aromatic heterocycles. The van der Waals surface area contributed by atoms with Crippen molar-refractivity contribution < 1.29 is 0 Å². The molecule has 0 spiro atoms. The average Bonchev–Trinajstić information content (AvgIpc) is 2.56. The van der Waals surface area contributed by atoms with E-state index in [0.717, 1.165) is 31.3 Å². The predicted molar refractivity (Wildman–Crippen MR) is 92.4 cm³/mol. The third-order valence-electron chi connectivity index (χ3n) is 4.67. The Bertz CT molecular complexity index is 657. The Morgan fingerprint density at radius 3 is 2.91 bits per heavy atom. The summed E-state index contributed by atoms with van der Waals surface area (Å²) in [4.78, 5) is 18.0. The first-order valence-corrected chi connectivity index (χ1v) is 8.28. The number of hydrogen-bond acceptors (Lipinski definition) is 5. The fraction of sp³-hybridized carbons (Fsp3) is 0.500. The summed E-state index contributed by atoms with van der Waals surface area (Å²) in [6, 6.07) is 4.49. The standard InChI is InChI=1S/C18H25N5/c1-14-6-8-19-11-16(14)12-23-10-4-5-17(13-23)22(3)18-20-9-7-15(2)21-18/h6-9,11,17H,4-5,10,12-13H2,1-3H3. The molecule has 0 N–H and O–H groups in total. The van der Waals surface area contributed by atoms with Crippen LogP contribution in [0.25, 0.3) is 0 Å². The normalized spacial score (nSPS) is 18.8. The lowest BCUT2D eigenvalue weighted by molar-refractivity contribution is 0.197. The van der Waals surface area contributed by atoms with Crippen LogP contribution < -0.4 is 4.90 Å². The van der Waals surface area contributed by atoms with Crippen molar-refractivity contribution in [2.24, 2.45) is 0 Å². The van der Waals surface area contributed by atoms with Crippen molar-refractivity contribution in [1.82, 2.24) is 19.9 Å². The van der Waals surface area contributed by atoms with Crippen LogP contribution in [0.15, 0.2) is 30.7 Å². The molecule has 3 heterocycles. The third-order valence-corrected chi connectivity index (χ3v) is 4.67. The Balaban J connectivity index is 1.67. The number of rotatable bonds is 4. The second-order valence-corrected chi connectivity index (χ2v) is 6.44. The van der Waals surface area contributed by atoms with Crippen molar-refractivity contribution in [3.63, 3.8) is 0 Å². The molecule has 0 saturated carbocycles. The summed E-state index contributed by atoms with van der Waals surface area (Å²) in [7, 11) is 2.11. The zero-order chi connectivity index (χ0) is 16.2. The zero-order valence-corrected chi connectivity index (χ0v) is 14.2. The maximum absolute atomic E-state index is 4.56. The monoisotopic (exact) mass is 311 g/mol. The molecule has 0 radical (unpaired) electrons. The molecule has 122 valence electrons. The van der Waals surface area contributed by atoms with E-state index in [9.17, 15) is 0 Å². The van der Waals surface area contributed by atoms with Gasteiger partial charge in [-0.2, -0.15) is 0 Å². The molecule has 1 fully saturated rings. The third kappa shape index (κ3) is 3.85. The number of pyridine rings is 1. The molecule has 1 atom stereocenters. The molecular weight excluding hydrogens is 286 g/mol. The van der Waals surface area contributed by atoms with E-state index in [0.29, 0.717) is 6.04 Å². The van der Waals surface area contributed by atoms with E-state index in [4.69, 9.17) is 0 Å². The average molecular weight is 311 g/mol. The molecule has 5 nitrogen and oxygen atoms in total. The van der Waals surface area contributed by atoms with Gasteiger partial charge in [-0.3, -0.25) is 9.88 Å². The first-order chi connectivity index (χ1) is 11.1. The summed E-state index contributed by atoms with van der Waals surface area (Å²) in [5.74, 6) is 0.828. The lowest BCUT2D eigenvalue weighted by Crippen LogP contribution is -2.46. The molecule has 2 aromatic rings. The number of anilines is 1. The molecule has 0 bridgehead atoms. The highest BCUT2D eigenvalue weighted by Gasteiger charge is 2.25. The molecule has 5 heteroatoms. The van der Waals surface area contributed by atoms with E-state index >= 15 is 0 Å². The summed E-state index contributed by atoms with van der Waals surface area (Å²) >= 11 is 0. The van der Waals surface area contributed by atoms with Crippen LogP contribution >= 0.6 is 0 Å². The Kier molecular flexibility index (Phi) is 4.86. The number of nitrogens with zero attached hydrogens (tertiary/aromatic N) is 5. The molecule has 0 amide bonds. The van der Waals surface area contributed by atoms with Gasteiger partial charge in [-0.05, 0) is 56.5 Å². The van der Waals surface area contributed by atoms with Crippen molar-refractivity contribution in [1.29, 1.82) is 0 Å². The van der Waals surface area contributed by atoms with Gasteiger partial charge in [0, 0.05) is 50.5 Å². The van der Waals surface area contributed by atoms with E-state index in [-0.39, 0.29) is 0 Å². The lowest BCUT2D eigenvalue weighted by atomic mass is 10.0. The largest absolute Gasteiger partial charge is 0.340 e. The molecule has 3 rings (SSSR count). The Labute approximate surface area is 138 Å². The molecule has 1 saturated heterocycles. The van der Waals surface area contributed by atoms with Gasteiger partial charge >= 0.3 is 0 Å². The summed E-state index contributed by atoms with van der Waals surface area (Å²) in [6.07, 6.45) is 8.09. The summed E-state index contributed by atoms with van der Waals surface area (Å²) in [6.45, 7) is 7.33. The fourth-order valence-corrected chi connectivity index (χ4v) is 3.16. The maximum Gasteiger partial charge on any atom is 0.225 e. The van der Waals surface area contributed by atoms with Crippen LogP contribution in [0.4, 0.5) is 5.95 Å². The van der Waals surface area contributed by atoms with Crippen molar-refractivity contribution in [3.05, 3.63) is 47.5 Å². The molecule has 23 heavy (non-hydrogen) atoms. The zero-order valence-electron chi connectivity index (χ0n) is 14.2. The van der Waals surface area contributed by atoms with Crippen LogP contribution in [0, 0.1) is 13.8 Å². The summed E-state index contributed by atoms with van der Waals surface area (Å²) < 4.78 is 0. The van der Waals surface area contributed by atoms with E-state index in [2.05, 4.69) is 44.8 Å². The van der Waals surface area contributed by atoms with Crippen molar-refractivity contribution in [3.8, 4) is 0 Å². The van der Waals surface area contributed by atoms with Gasteiger partial charge in [0.2, 0.25) is 5.95 Å². The molecule has 1 unspecified atom stereocenters. The molecule has 1 aliphatic heterocycles. The Morgan fingerprint density at radius 2 is 2.13 bits per heavy atom. The summed E-state index contributed by atoms with van der Waals surface area (Å²) in [5.41, 5.74) is 3.65. The predicted octanol–water partition coefficient (Wildman–Crippen LogP) is 2.59. The van der Waals surface area contributed by atoms with Crippen molar-refractivity contribution in [2.45, 2.75) is 39.3 Å². The van der Waals surface area contributed by atoms with Crippen LogP contribution in [0.5, 0.6) is 0 Å². The van der Waals surface area contributed by atoms with Gasteiger partial charge in [-0.15, -0.1) is 0 Å². The highest BCUT2D eigenvalue weighted by atomic mass is 15.3. The fourth-order valence-electron chi connectivity index (χ4n) is 3.16. The van der Waals surface area contributed by atoms with Gasteiger partial charge in [0.1, 0.15) is 0 Å². The van der Waals surface area contributed by atoms with Gasteiger partial charge in [0.15, 0.2) is 0 Å². The Morgan fingerprint density at radius 1 is 1.26 bits per heavy atom. The minimum Gasteiger partial charge on any atom is -0.340 e. The maximum atomic E-state index is 4.56. The smallest absolute Gasteiger partial charge is 0.225 e. The summed E-state index contributed by atoms with van der Waals surface area (Å²) in [5, 5.41) is 0. The molecule has 0 aromatic carbocycles. The van der Waals surface area contributed by atoms with Gasteiger partial charge in [-0.25, -0.2) is 9.97 Å². The number of aromatic nitrogens is 3. The van der Waals surface area contributed by atoms with Gasteiger partial charge in [0.05, 0.1) is 0 Å². The van der Waals surface area contributed by atoms with Crippen molar-refractivity contribution in [2.75, 3.05) is 25.0 Å². The minimum absolute atomic E-state index is 0.461. The number of aryl methyl sites for hydroxylation is 2. The topological polar surface area (TPSA) is 45.2 Å². The second-order valence-electron chi connectivity index (χ2n) is 6.44. The number of hydrogen-bond donors (Lipinski definition) is 0. The van der Waals surface area contributed by atoms with Crippen LogP contribution in [-0.4, -0.2) is 46.0 Å². The van der Waals surface area contributed by atoms with Crippen LogP contribution in [0.1, 0.15) is 29.7 Å². The SMILES string of the molecule is Cc1ccnc(N(C)C2CCCN(Cc3cnccc3C)C2)n1. The lowest BCUT2D eigenvalue weighted by Gasteiger charge is -2.37. The van der Waals surface area contributed by atoms with Gasteiger partial charge < -0.3 is 4.90 Å². The van der Waals surface area contributed by atoms with E-state index in [1.165, 1.54) is 24.0 Å². The van der Waals surface area contributed by atoms with Gasteiger partial charge in [0.25, 0.3) is 0 Å². The number of piperidine rings is 1. The van der Waals surface area contributed by atoms with E-state index in [1.807, 2.05) is 31.6 Å². The Hall–Kier alpha value is -2.01. The molecule has 0 aliphatic carbocycles. The van der Waals surface area contributed by atoms with Crippen molar-refractivity contribution >= 4 is 5.95 Å². The van der Waals surface area contributed by atoms with Gasteiger partial charge in [-0.1, -0.05) is 0 Å². The highest BCUT2D eigenvalue weighted by Crippen LogP contribution is 2.20. The first-order valence-electron chi connectivity index (χ1n) is 8.28. The van der Waals surface area contributed by atoms with Crippen LogP contribution in [-0.2, 0) is 6.54 Å². The van der Waals surface area contributed by atoms with E-state index < -0.39 is 0 Å². The number of likely N-dealkylation sites (tertiary alicyclic amines) is 1. The second kappa shape index (κ2) is 7.04. The highest BCUT2D eigenvalue weighted by molar-refractivity contribution is 5.31. The van der Waals surface area contributed by atoms with Crippen LogP contribution in [0.3, 0.4) is 0 Å². The molecule has 1 aliphatic rings. The quantitative estimate of drug-likeness (QED) is 0.868. The minimum atomic E-state index is 0.461.